The Morgan fingerprint density at radius 1 is 1.03 bits per heavy atom. The van der Waals surface area contributed by atoms with Crippen LogP contribution >= 0.6 is 11.8 Å². The van der Waals surface area contributed by atoms with Gasteiger partial charge in [0.2, 0.25) is 5.91 Å². The van der Waals surface area contributed by atoms with Gasteiger partial charge in [-0.1, -0.05) is 48.5 Å². The molecule has 3 aromatic rings. The predicted octanol–water partition coefficient (Wildman–Crippen LogP) is 4.95. The molecule has 5 rings (SSSR count). The third-order valence-corrected chi connectivity index (χ3v) is 7.26. The number of ether oxygens (including phenoxy) is 1. The van der Waals surface area contributed by atoms with Crippen LogP contribution < -0.4 is 4.74 Å². The molecule has 3 amide bonds. The molecule has 0 aliphatic carbocycles. The fourth-order valence-corrected chi connectivity index (χ4v) is 5.25. The fraction of sp³-hybridized carbons (Fsp3) is 0.214. The Kier molecular flexibility index (Phi) is 6.74. The highest BCUT2D eigenvalue weighted by Gasteiger charge is 2.37. The van der Waals surface area contributed by atoms with Gasteiger partial charge in [0.05, 0.1) is 16.5 Å². The molecule has 3 aromatic carbocycles. The van der Waals surface area contributed by atoms with Crippen molar-refractivity contribution in [2.75, 3.05) is 19.6 Å². The number of nitrogens with zero attached hydrogens (tertiary/aromatic N) is 3. The summed E-state index contributed by atoms with van der Waals surface area (Å²) in [5.74, 6) is -0.158. The number of nitriles is 1. The molecule has 8 heteroatoms. The Morgan fingerprint density at radius 3 is 2.58 bits per heavy atom. The van der Waals surface area contributed by atoms with E-state index in [2.05, 4.69) is 6.07 Å². The topological polar surface area (TPSA) is 90.7 Å². The summed E-state index contributed by atoms with van der Waals surface area (Å²) in [7, 11) is 0. The second kappa shape index (κ2) is 10.3. The van der Waals surface area contributed by atoms with Crippen LogP contribution in [0.2, 0.25) is 0 Å². The van der Waals surface area contributed by atoms with Gasteiger partial charge in [0, 0.05) is 24.2 Å². The van der Waals surface area contributed by atoms with E-state index in [1.165, 1.54) is 0 Å². The lowest BCUT2D eigenvalue weighted by molar-refractivity contribution is -0.135. The molecule has 180 valence electrons. The van der Waals surface area contributed by atoms with E-state index in [-0.39, 0.29) is 24.0 Å². The van der Waals surface area contributed by atoms with E-state index >= 15 is 0 Å². The molecule has 2 aliphatic rings. The van der Waals surface area contributed by atoms with Gasteiger partial charge >= 0.3 is 0 Å². The van der Waals surface area contributed by atoms with Gasteiger partial charge in [-0.3, -0.25) is 19.3 Å². The number of carbonyl (C=O) groups excluding carboxylic acids is 3. The average molecular weight is 498 g/mol. The molecule has 36 heavy (non-hydrogen) atoms. The molecule has 0 spiro atoms. The van der Waals surface area contributed by atoms with Crippen molar-refractivity contribution in [2.24, 2.45) is 0 Å². The number of imide groups is 1. The first-order valence-electron chi connectivity index (χ1n) is 11.7. The highest BCUT2D eigenvalue weighted by molar-refractivity contribution is 8.18. The minimum absolute atomic E-state index is 0.175. The molecule has 0 unspecified atom stereocenters. The summed E-state index contributed by atoms with van der Waals surface area (Å²) in [4.78, 5) is 41.3. The number of likely N-dealkylation sites (tertiary alicyclic amines) is 1. The SMILES string of the molecule is N#Cc1ccccc1COc1ccc2ccccc2c1/C=C1/SC(=O)N(CC(=O)N2CCCC2)C1=O. The molecule has 0 N–H and O–H groups in total. The standard InChI is InChI=1S/C28H23N3O4S/c29-16-20-8-1-2-9-21(20)18-35-24-12-11-19-7-3-4-10-22(19)23(24)15-25-27(33)31(28(34)36-25)17-26(32)30-13-5-6-14-30/h1-4,7-12,15H,5-6,13-14,17-18H2/b25-15+. The summed E-state index contributed by atoms with van der Waals surface area (Å²) in [6, 6.07) is 20.9. The fourth-order valence-electron chi connectivity index (χ4n) is 4.43. The zero-order valence-electron chi connectivity index (χ0n) is 19.5. The summed E-state index contributed by atoms with van der Waals surface area (Å²) >= 11 is 0.828. The highest BCUT2D eigenvalue weighted by Crippen LogP contribution is 2.37. The minimum atomic E-state index is -0.480. The number of fused-ring (bicyclic) bond motifs is 1. The van der Waals surface area contributed by atoms with E-state index in [4.69, 9.17) is 4.74 Å². The Hall–Kier alpha value is -4.09. The van der Waals surface area contributed by atoms with Crippen LogP contribution in [-0.4, -0.2) is 46.5 Å². The van der Waals surface area contributed by atoms with Crippen molar-refractivity contribution in [3.63, 3.8) is 0 Å². The van der Waals surface area contributed by atoms with Crippen molar-refractivity contribution in [3.8, 4) is 11.8 Å². The number of hydrogen-bond acceptors (Lipinski definition) is 6. The van der Waals surface area contributed by atoms with E-state index in [1.807, 2.05) is 48.5 Å². The number of hydrogen-bond donors (Lipinski definition) is 0. The summed E-state index contributed by atoms with van der Waals surface area (Å²) < 4.78 is 6.13. The van der Waals surface area contributed by atoms with Crippen molar-refractivity contribution in [1.82, 2.24) is 9.80 Å². The van der Waals surface area contributed by atoms with E-state index in [0.717, 1.165) is 45.8 Å². The second-order valence-electron chi connectivity index (χ2n) is 8.61. The van der Waals surface area contributed by atoms with E-state index in [9.17, 15) is 19.6 Å². The molecule has 2 fully saturated rings. The zero-order chi connectivity index (χ0) is 25.1. The molecular formula is C28H23N3O4S. The molecule has 2 heterocycles. The lowest BCUT2D eigenvalue weighted by Crippen LogP contribution is -2.40. The number of benzene rings is 3. The van der Waals surface area contributed by atoms with Gasteiger partial charge in [0.1, 0.15) is 18.9 Å². The molecule has 0 atom stereocenters. The van der Waals surface area contributed by atoms with Gasteiger partial charge < -0.3 is 9.64 Å². The predicted molar refractivity (Wildman–Crippen MR) is 138 cm³/mol. The van der Waals surface area contributed by atoms with Crippen LogP contribution in [0, 0.1) is 11.3 Å². The van der Waals surface area contributed by atoms with Crippen LogP contribution in [0.1, 0.15) is 29.5 Å². The Labute approximate surface area is 212 Å². The average Bonchev–Trinajstić information content (AvgIpc) is 3.53. The van der Waals surface area contributed by atoms with Crippen LogP contribution in [0.4, 0.5) is 4.79 Å². The van der Waals surface area contributed by atoms with Crippen molar-refractivity contribution < 1.29 is 19.1 Å². The number of amides is 3. The maximum Gasteiger partial charge on any atom is 0.294 e. The lowest BCUT2D eigenvalue weighted by Gasteiger charge is -2.18. The van der Waals surface area contributed by atoms with Crippen LogP contribution in [0.5, 0.6) is 5.75 Å². The zero-order valence-corrected chi connectivity index (χ0v) is 20.3. The van der Waals surface area contributed by atoms with Crippen LogP contribution in [0.3, 0.4) is 0 Å². The highest BCUT2D eigenvalue weighted by atomic mass is 32.2. The largest absolute Gasteiger partial charge is 0.488 e. The van der Waals surface area contributed by atoms with Crippen molar-refractivity contribution in [3.05, 3.63) is 82.3 Å². The third-order valence-electron chi connectivity index (χ3n) is 6.35. The number of carbonyl (C=O) groups is 3. The van der Waals surface area contributed by atoms with E-state index in [0.29, 0.717) is 30.0 Å². The van der Waals surface area contributed by atoms with Gasteiger partial charge in [0.15, 0.2) is 0 Å². The molecular weight excluding hydrogens is 474 g/mol. The molecule has 2 saturated heterocycles. The van der Waals surface area contributed by atoms with E-state index in [1.54, 1.807) is 23.1 Å². The van der Waals surface area contributed by atoms with Gasteiger partial charge in [0.25, 0.3) is 11.1 Å². The molecule has 2 aliphatic heterocycles. The quantitative estimate of drug-likeness (QED) is 0.448. The van der Waals surface area contributed by atoms with Gasteiger partial charge in [-0.15, -0.1) is 0 Å². The maximum atomic E-state index is 13.1. The summed E-state index contributed by atoms with van der Waals surface area (Å²) in [6.07, 6.45) is 3.55. The minimum Gasteiger partial charge on any atom is -0.488 e. The lowest BCUT2D eigenvalue weighted by atomic mass is 10.0. The number of rotatable bonds is 6. The van der Waals surface area contributed by atoms with Crippen molar-refractivity contribution in [1.29, 1.82) is 5.26 Å². The molecule has 7 nitrogen and oxygen atoms in total. The Balaban J connectivity index is 1.45. The summed E-state index contributed by atoms with van der Waals surface area (Å²) in [6.45, 7) is 1.26. The summed E-state index contributed by atoms with van der Waals surface area (Å²) in [5.41, 5.74) is 1.95. The first-order valence-corrected chi connectivity index (χ1v) is 12.5. The van der Waals surface area contributed by atoms with E-state index < -0.39 is 11.1 Å². The first-order chi connectivity index (χ1) is 17.5. The maximum absolute atomic E-state index is 13.1. The second-order valence-corrected chi connectivity index (χ2v) is 9.61. The monoisotopic (exact) mass is 497 g/mol. The van der Waals surface area contributed by atoms with Crippen LogP contribution in [-0.2, 0) is 16.2 Å². The molecule has 0 radical (unpaired) electrons. The smallest absolute Gasteiger partial charge is 0.294 e. The number of thioether (sulfide) groups is 1. The van der Waals surface area contributed by atoms with Crippen LogP contribution in [0.15, 0.2) is 65.6 Å². The van der Waals surface area contributed by atoms with Crippen molar-refractivity contribution in [2.45, 2.75) is 19.4 Å². The van der Waals surface area contributed by atoms with Gasteiger partial charge in [-0.25, -0.2) is 0 Å². The molecule has 0 bridgehead atoms. The Morgan fingerprint density at radius 2 is 1.78 bits per heavy atom. The van der Waals surface area contributed by atoms with Gasteiger partial charge in [-0.2, -0.15) is 5.26 Å². The molecule has 0 saturated carbocycles. The normalized spacial score (nSPS) is 16.7. The first kappa shape index (κ1) is 23.6. The Bertz CT molecular complexity index is 1440. The molecule has 0 aromatic heterocycles. The third kappa shape index (κ3) is 4.70. The van der Waals surface area contributed by atoms with Crippen molar-refractivity contribution >= 4 is 45.7 Å². The van der Waals surface area contributed by atoms with Crippen LogP contribution in [0.25, 0.3) is 16.8 Å². The summed E-state index contributed by atoms with van der Waals surface area (Å²) in [5, 5.41) is 10.8. The van der Waals surface area contributed by atoms with Gasteiger partial charge in [-0.05, 0) is 53.6 Å².